The molecule has 30 heavy (non-hydrogen) atoms. The number of amides is 1. The van der Waals surface area contributed by atoms with Gasteiger partial charge in [0.2, 0.25) is 5.91 Å². The van der Waals surface area contributed by atoms with Crippen LogP contribution in [0.15, 0.2) is 4.99 Å². The summed E-state index contributed by atoms with van der Waals surface area (Å²) in [5.41, 5.74) is 0. The van der Waals surface area contributed by atoms with Gasteiger partial charge in [-0.3, -0.25) is 14.7 Å². The van der Waals surface area contributed by atoms with Crippen molar-refractivity contribution >= 4 is 47.6 Å². The minimum Gasteiger partial charge on any atom is -0.381 e. The molecule has 174 valence electrons. The second-order valence-corrected chi connectivity index (χ2v) is 9.65. The van der Waals surface area contributed by atoms with Crippen molar-refractivity contribution in [1.82, 2.24) is 20.0 Å². The van der Waals surface area contributed by atoms with Crippen molar-refractivity contribution < 1.29 is 9.53 Å². The molecule has 0 spiro atoms. The van der Waals surface area contributed by atoms with Crippen LogP contribution in [-0.2, 0) is 9.53 Å². The highest BCUT2D eigenvalue weighted by molar-refractivity contribution is 14.0. The van der Waals surface area contributed by atoms with Crippen molar-refractivity contribution in [2.45, 2.75) is 43.8 Å². The number of carbonyl (C=O) groups excluding carboxylic acids is 1. The Morgan fingerprint density at radius 1 is 1.03 bits per heavy atom. The fourth-order valence-electron chi connectivity index (χ4n) is 4.37. The molecule has 0 unspecified atom stereocenters. The van der Waals surface area contributed by atoms with Gasteiger partial charge >= 0.3 is 0 Å². The van der Waals surface area contributed by atoms with Crippen molar-refractivity contribution in [3.63, 3.8) is 0 Å². The molecular formula is C21H40IN5O2S. The highest BCUT2D eigenvalue weighted by Crippen LogP contribution is 2.34. The lowest BCUT2D eigenvalue weighted by Crippen LogP contribution is -2.54. The fraction of sp³-hybridized carbons (Fsp3) is 0.905. The smallest absolute Gasteiger partial charge is 0.236 e. The molecule has 3 fully saturated rings. The Bertz CT molecular complexity index is 546. The standard InChI is InChI=1S/C21H39N5O2S.HI/c1-3-22-20(23-18-21(29-2)7-15-28-16-8-21)26-13-11-24(12-14-26)17-19(27)25-9-5-4-6-10-25;/h3-18H2,1-2H3,(H,22,23);1H. The predicted octanol–water partition coefficient (Wildman–Crippen LogP) is 2.11. The molecule has 3 saturated heterocycles. The Hall–Kier alpha value is -0.260. The van der Waals surface area contributed by atoms with Crippen LogP contribution in [0.3, 0.4) is 0 Å². The number of rotatable bonds is 6. The number of hydrogen-bond donors (Lipinski definition) is 1. The van der Waals surface area contributed by atoms with Crippen molar-refractivity contribution in [1.29, 1.82) is 0 Å². The van der Waals surface area contributed by atoms with Gasteiger partial charge in [-0.25, -0.2) is 0 Å². The number of likely N-dealkylation sites (tertiary alicyclic amines) is 1. The zero-order valence-electron chi connectivity index (χ0n) is 18.7. The van der Waals surface area contributed by atoms with Crippen LogP contribution in [0.25, 0.3) is 0 Å². The van der Waals surface area contributed by atoms with Crippen LogP contribution in [-0.4, -0.2) is 110 Å². The lowest BCUT2D eigenvalue weighted by atomic mass is 9.99. The topological polar surface area (TPSA) is 60.4 Å². The third kappa shape index (κ3) is 7.41. The lowest BCUT2D eigenvalue weighted by molar-refractivity contribution is -0.133. The summed E-state index contributed by atoms with van der Waals surface area (Å²) in [5.74, 6) is 1.33. The number of ether oxygens (including phenoxy) is 1. The third-order valence-electron chi connectivity index (χ3n) is 6.43. The van der Waals surface area contributed by atoms with Gasteiger partial charge in [0.05, 0.1) is 13.1 Å². The van der Waals surface area contributed by atoms with E-state index in [2.05, 4.69) is 33.2 Å². The molecule has 9 heteroatoms. The molecule has 0 radical (unpaired) electrons. The van der Waals surface area contributed by atoms with Gasteiger partial charge in [-0.2, -0.15) is 11.8 Å². The molecule has 0 aromatic carbocycles. The molecule has 1 amide bonds. The van der Waals surface area contributed by atoms with E-state index >= 15 is 0 Å². The number of guanidine groups is 1. The highest BCUT2D eigenvalue weighted by Gasteiger charge is 2.32. The van der Waals surface area contributed by atoms with E-state index in [1.807, 2.05) is 11.8 Å². The summed E-state index contributed by atoms with van der Waals surface area (Å²) >= 11 is 1.94. The van der Waals surface area contributed by atoms with E-state index in [1.54, 1.807) is 0 Å². The molecule has 1 N–H and O–H groups in total. The van der Waals surface area contributed by atoms with Gasteiger partial charge in [-0.15, -0.1) is 24.0 Å². The van der Waals surface area contributed by atoms with E-state index in [0.717, 1.165) is 97.2 Å². The number of piperidine rings is 1. The molecule has 3 heterocycles. The molecule has 0 saturated carbocycles. The van der Waals surface area contributed by atoms with Gasteiger partial charge in [0.15, 0.2) is 5.96 Å². The first-order chi connectivity index (χ1) is 14.2. The molecule has 7 nitrogen and oxygen atoms in total. The number of thioether (sulfide) groups is 1. The molecule has 0 atom stereocenters. The van der Waals surface area contributed by atoms with Crippen molar-refractivity contribution in [2.75, 3.05) is 78.4 Å². The average Bonchev–Trinajstić information content (AvgIpc) is 2.78. The maximum atomic E-state index is 12.6. The fourth-order valence-corrected chi connectivity index (χ4v) is 5.14. The number of hydrogen-bond acceptors (Lipinski definition) is 5. The average molecular weight is 554 g/mol. The van der Waals surface area contributed by atoms with E-state index < -0.39 is 0 Å². The molecule has 0 aromatic rings. The second-order valence-electron chi connectivity index (χ2n) is 8.37. The van der Waals surface area contributed by atoms with Gasteiger partial charge in [0.1, 0.15) is 0 Å². The Labute approximate surface area is 203 Å². The molecule has 0 aromatic heterocycles. The molecule has 3 aliphatic heterocycles. The molecule has 0 aliphatic carbocycles. The van der Waals surface area contributed by atoms with E-state index in [4.69, 9.17) is 9.73 Å². The number of aliphatic imine (C=N–C) groups is 1. The number of nitrogens with one attached hydrogen (secondary N) is 1. The summed E-state index contributed by atoms with van der Waals surface area (Å²) in [6.07, 6.45) is 7.93. The zero-order chi connectivity index (χ0) is 20.5. The first kappa shape index (κ1) is 26.0. The lowest BCUT2D eigenvalue weighted by Gasteiger charge is -2.38. The molecule has 3 rings (SSSR count). The summed E-state index contributed by atoms with van der Waals surface area (Å²) in [7, 11) is 0. The first-order valence-electron chi connectivity index (χ1n) is 11.3. The number of halogens is 1. The van der Waals surface area contributed by atoms with Crippen LogP contribution in [0, 0.1) is 0 Å². The molecule has 0 bridgehead atoms. The van der Waals surface area contributed by atoms with Crippen molar-refractivity contribution in [3.05, 3.63) is 0 Å². The minimum atomic E-state index is 0. The number of carbonyl (C=O) groups is 1. The quantitative estimate of drug-likeness (QED) is 0.309. The summed E-state index contributed by atoms with van der Waals surface area (Å²) in [5, 5.41) is 3.48. The molecule has 3 aliphatic rings. The van der Waals surface area contributed by atoms with E-state index in [0.29, 0.717) is 12.5 Å². The predicted molar refractivity (Wildman–Crippen MR) is 136 cm³/mol. The SMILES string of the molecule is CCNC(=NCC1(SC)CCOCC1)N1CCN(CC(=O)N2CCCCC2)CC1.I. The van der Waals surface area contributed by atoms with Crippen LogP contribution in [0.1, 0.15) is 39.0 Å². The van der Waals surface area contributed by atoms with E-state index in [-0.39, 0.29) is 28.7 Å². The normalized spacial score (nSPS) is 23.1. The van der Waals surface area contributed by atoms with Crippen molar-refractivity contribution in [3.8, 4) is 0 Å². The second kappa shape index (κ2) is 13.3. The molecular weight excluding hydrogens is 513 g/mol. The van der Waals surface area contributed by atoms with Crippen LogP contribution < -0.4 is 5.32 Å². The van der Waals surface area contributed by atoms with Gasteiger partial charge in [-0.1, -0.05) is 0 Å². The maximum absolute atomic E-state index is 12.6. The largest absolute Gasteiger partial charge is 0.381 e. The highest BCUT2D eigenvalue weighted by atomic mass is 127. The van der Waals surface area contributed by atoms with Crippen LogP contribution in [0.4, 0.5) is 0 Å². The third-order valence-corrected chi connectivity index (χ3v) is 7.83. The van der Waals surface area contributed by atoms with Gasteiger partial charge < -0.3 is 19.9 Å². The summed E-state index contributed by atoms with van der Waals surface area (Å²) in [6.45, 7) is 11.7. The number of piperazine rings is 1. The maximum Gasteiger partial charge on any atom is 0.236 e. The van der Waals surface area contributed by atoms with Gasteiger partial charge in [0, 0.05) is 63.8 Å². The van der Waals surface area contributed by atoms with E-state index in [1.165, 1.54) is 6.42 Å². The Morgan fingerprint density at radius 2 is 1.70 bits per heavy atom. The zero-order valence-corrected chi connectivity index (χ0v) is 21.9. The minimum absolute atomic E-state index is 0. The van der Waals surface area contributed by atoms with Crippen LogP contribution in [0.5, 0.6) is 0 Å². The Morgan fingerprint density at radius 3 is 2.30 bits per heavy atom. The van der Waals surface area contributed by atoms with Gasteiger partial charge in [0.25, 0.3) is 0 Å². The summed E-state index contributed by atoms with van der Waals surface area (Å²) in [6, 6.07) is 0. The first-order valence-corrected chi connectivity index (χ1v) is 12.5. The monoisotopic (exact) mass is 553 g/mol. The van der Waals surface area contributed by atoms with Crippen LogP contribution in [0.2, 0.25) is 0 Å². The van der Waals surface area contributed by atoms with Gasteiger partial charge in [-0.05, 0) is 45.3 Å². The number of nitrogens with zero attached hydrogens (tertiary/aromatic N) is 4. The Balaban J connectivity index is 0.00000320. The summed E-state index contributed by atoms with van der Waals surface area (Å²) in [4.78, 5) is 24.3. The Kier molecular flexibility index (Phi) is 11.5. The van der Waals surface area contributed by atoms with E-state index in [9.17, 15) is 4.79 Å². The van der Waals surface area contributed by atoms with Crippen molar-refractivity contribution in [2.24, 2.45) is 4.99 Å². The van der Waals surface area contributed by atoms with Crippen LogP contribution >= 0.6 is 35.7 Å². The summed E-state index contributed by atoms with van der Waals surface area (Å²) < 4.78 is 5.77.